The number of hydrogen-bond donors (Lipinski definition) is 1. The maximum Gasteiger partial charge on any atom is 0.0376 e. The van der Waals surface area contributed by atoms with Gasteiger partial charge in [-0.2, -0.15) is 0 Å². The van der Waals surface area contributed by atoms with E-state index in [0.29, 0.717) is 12.1 Å². The molecule has 2 atom stereocenters. The molecule has 1 fully saturated rings. The van der Waals surface area contributed by atoms with E-state index in [4.69, 9.17) is 0 Å². The third kappa shape index (κ3) is 2.63. The Bertz CT molecular complexity index is 445. The summed E-state index contributed by atoms with van der Waals surface area (Å²) < 4.78 is 0. The van der Waals surface area contributed by atoms with Gasteiger partial charge < -0.3 is 5.32 Å². The number of fused-ring (bicyclic) bond motifs is 1. The summed E-state index contributed by atoms with van der Waals surface area (Å²) in [5.74, 6) is 0. The predicted molar refractivity (Wildman–Crippen MR) is 80.6 cm³/mol. The number of rotatable bonds is 2. The van der Waals surface area contributed by atoms with Crippen LogP contribution in [0.3, 0.4) is 0 Å². The van der Waals surface area contributed by atoms with Crippen molar-refractivity contribution < 1.29 is 0 Å². The summed E-state index contributed by atoms with van der Waals surface area (Å²) in [5, 5.41) is 3.48. The molecule has 1 aromatic carbocycles. The van der Waals surface area contributed by atoms with E-state index in [-0.39, 0.29) is 0 Å². The average molecular weight is 259 g/mol. The van der Waals surface area contributed by atoms with Crippen LogP contribution in [-0.2, 0) is 13.0 Å². The Balaban J connectivity index is 1.68. The van der Waals surface area contributed by atoms with E-state index in [1.807, 2.05) is 0 Å². The molecule has 0 bridgehead atoms. The lowest BCUT2D eigenvalue weighted by atomic mass is 10.1. The van der Waals surface area contributed by atoms with Crippen LogP contribution >= 0.6 is 0 Å². The Hall–Kier alpha value is -1.06. The van der Waals surface area contributed by atoms with Gasteiger partial charge in [-0.05, 0) is 44.5 Å². The first-order valence-corrected chi connectivity index (χ1v) is 7.43. The predicted octanol–water partition coefficient (Wildman–Crippen LogP) is 2.18. The lowest BCUT2D eigenvalue weighted by molar-refractivity contribution is 0.0556. The topological polar surface area (TPSA) is 18.5 Å². The molecule has 2 aliphatic rings. The van der Waals surface area contributed by atoms with Crippen LogP contribution in [0.5, 0.6) is 0 Å². The van der Waals surface area contributed by atoms with Gasteiger partial charge in [0.25, 0.3) is 0 Å². The van der Waals surface area contributed by atoms with E-state index in [1.165, 1.54) is 36.3 Å². The summed E-state index contributed by atoms with van der Waals surface area (Å²) in [5.41, 5.74) is 4.27. The molecule has 0 radical (unpaired) electrons. The largest absolute Gasteiger partial charge is 0.384 e. The fourth-order valence-corrected chi connectivity index (χ4v) is 3.34. The standard InChI is InChI=1S/C16H25N3/c1-12-9-19(10-13(2)18(12)3)11-14-4-5-15-6-7-17-16(15)8-14/h4-5,8,12-13,17H,6-7,9-11H2,1-3H3. The van der Waals surface area contributed by atoms with E-state index in [0.717, 1.165) is 13.1 Å². The van der Waals surface area contributed by atoms with E-state index in [1.54, 1.807) is 0 Å². The van der Waals surface area contributed by atoms with Crippen LogP contribution in [0.1, 0.15) is 25.0 Å². The minimum Gasteiger partial charge on any atom is -0.384 e. The Morgan fingerprint density at radius 1 is 1.21 bits per heavy atom. The summed E-state index contributed by atoms with van der Waals surface area (Å²) in [4.78, 5) is 5.08. The van der Waals surface area contributed by atoms with E-state index < -0.39 is 0 Å². The smallest absolute Gasteiger partial charge is 0.0376 e. The molecule has 2 heterocycles. The maximum absolute atomic E-state index is 3.48. The molecule has 1 aromatic rings. The van der Waals surface area contributed by atoms with Crippen molar-refractivity contribution in [2.45, 2.75) is 38.9 Å². The van der Waals surface area contributed by atoms with Crippen molar-refractivity contribution >= 4 is 5.69 Å². The molecule has 1 saturated heterocycles. The fraction of sp³-hybridized carbons (Fsp3) is 0.625. The summed E-state index contributed by atoms with van der Waals surface area (Å²) in [6.07, 6.45) is 1.18. The second-order valence-electron chi connectivity index (χ2n) is 6.23. The zero-order chi connectivity index (χ0) is 13.4. The highest BCUT2D eigenvalue weighted by Gasteiger charge is 2.26. The van der Waals surface area contributed by atoms with Crippen molar-refractivity contribution in [3.05, 3.63) is 29.3 Å². The first kappa shape index (κ1) is 12.9. The molecule has 104 valence electrons. The van der Waals surface area contributed by atoms with Crippen LogP contribution in [0.4, 0.5) is 5.69 Å². The number of benzene rings is 1. The van der Waals surface area contributed by atoms with Crippen molar-refractivity contribution in [1.29, 1.82) is 0 Å². The average Bonchev–Trinajstić information content (AvgIpc) is 2.83. The minimum atomic E-state index is 0.649. The molecule has 1 N–H and O–H groups in total. The lowest BCUT2D eigenvalue weighted by Crippen LogP contribution is -2.54. The number of nitrogens with zero attached hydrogens (tertiary/aromatic N) is 2. The van der Waals surface area contributed by atoms with Crippen LogP contribution in [0.2, 0.25) is 0 Å². The molecule has 0 saturated carbocycles. The van der Waals surface area contributed by atoms with Crippen molar-refractivity contribution in [3.63, 3.8) is 0 Å². The molecular formula is C16H25N3. The van der Waals surface area contributed by atoms with Gasteiger partial charge in [-0.3, -0.25) is 9.80 Å². The third-order valence-corrected chi connectivity index (χ3v) is 4.73. The van der Waals surface area contributed by atoms with Gasteiger partial charge in [0, 0.05) is 44.0 Å². The summed E-state index contributed by atoms with van der Waals surface area (Å²) in [6.45, 7) is 9.18. The summed E-state index contributed by atoms with van der Waals surface area (Å²) in [7, 11) is 2.24. The van der Waals surface area contributed by atoms with Crippen LogP contribution in [0.15, 0.2) is 18.2 Å². The molecule has 2 unspecified atom stereocenters. The minimum absolute atomic E-state index is 0.649. The highest BCUT2D eigenvalue weighted by atomic mass is 15.3. The summed E-state index contributed by atoms with van der Waals surface area (Å²) in [6, 6.07) is 8.25. The number of likely N-dealkylation sites (N-methyl/N-ethyl adjacent to an activating group) is 1. The lowest BCUT2D eigenvalue weighted by Gasteiger charge is -2.42. The van der Waals surface area contributed by atoms with Gasteiger partial charge in [0.15, 0.2) is 0 Å². The van der Waals surface area contributed by atoms with Gasteiger partial charge in [-0.15, -0.1) is 0 Å². The van der Waals surface area contributed by atoms with E-state index in [9.17, 15) is 0 Å². The highest BCUT2D eigenvalue weighted by Crippen LogP contribution is 2.24. The number of piperazine rings is 1. The van der Waals surface area contributed by atoms with Gasteiger partial charge in [-0.25, -0.2) is 0 Å². The highest BCUT2D eigenvalue weighted by molar-refractivity contribution is 5.57. The Labute approximate surface area is 116 Å². The first-order chi connectivity index (χ1) is 9.13. The van der Waals surface area contributed by atoms with E-state index >= 15 is 0 Å². The van der Waals surface area contributed by atoms with Crippen molar-refractivity contribution in [3.8, 4) is 0 Å². The molecule has 3 heteroatoms. The Morgan fingerprint density at radius 2 is 1.95 bits per heavy atom. The Kier molecular flexibility index (Phi) is 3.50. The molecule has 0 spiro atoms. The zero-order valence-corrected chi connectivity index (χ0v) is 12.3. The van der Waals surface area contributed by atoms with Gasteiger partial charge >= 0.3 is 0 Å². The van der Waals surface area contributed by atoms with Gasteiger partial charge in [-0.1, -0.05) is 12.1 Å². The summed E-state index contributed by atoms with van der Waals surface area (Å²) >= 11 is 0. The van der Waals surface area contributed by atoms with Crippen LogP contribution < -0.4 is 5.32 Å². The van der Waals surface area contributed by atoms with Crippen molar-refractivity contribution in [2.24, 2.45) is 0 Å². The monoisotopic (exact) mass is 259 g/mol. The van der Waals surface area contributed by atoms with Crippen LogP contribution in [0.25, 0.3) is 0 Å². The van der Waals surface area contributed by atoms with Gasteiger partial charge in [0.2, 0.25) is 0 Å². The molecule has 0 amide bonds. The van der Waals surface area contributed by atoms with Crippen LogP contribution in [0, 0.1) is 0 Å². The molecule has 0 aromatic heterocycles. The SMILES string of the molecule is CC1CN(Cc2ccc3c(c2)NCC3)CC(C)N1C. The van der Waals surface area contributed by atoms with E-state index in [2.05, 4.69) is 54.2 Å². The quantitative estimate of drug-likeness (QED) is 0.878. The molecular weight excluding hydrogens is 234 g/mol. The second kappa shape index (κ2) is 5.14. The number of hydrogen-bond acceptors (Lipinski definition) is 3. The second-order valence-corrected chi connectivity index (χ2v) is 6.23. The molecule has 3 rings (SSSR count). The molecule has 2 aliphatic heterocycles. The van der Waals surface area contributed by atoms with Crippen molar-refractivity contribution in [2.75, 3.05) is 32.0 Å². The molecule has 0 aliphatic carbocycles. The number of anilines is 1. The van der Waals surface area contributed by atoms with Gasteiger partial charge in [0.1, 0.15) is 0 Å². The van der Waals surface area contributed by atoms with Crippen LogP contribution in [-0.4, -0.2) is 48.6 Å². The normalized spacial score (nSPS) is 28.2. The molecule has 3 nitrogen and oxygen atoms in total. The third-order valence-electron chi connectivity index (χ3n) is 4.73. The first-order valence-electron chi connectivity index (χ1n) is 7.43. The molecule has 19 heavy (non-hydrogen) atoms. The van der Waals surface area contributed by atoms with Crippen molar-refractivity contribution in [1.82, 2.24) is 9.80 Å². The zero-order valence-electron chi connectivity index (χ0n) is 12.3. The Morgan fingerprint density at radius 3 is 2.68 bits per heavy atom. The fourth-order valence-electron chi connectivity index (χ4n) is 3.34. The maximum atomic E-state index is 3.48. The van der Waals surface area contributed by atoms with Gasteiger partial charge in [0.05, 0.1) is 0 Å². The number of nitrogens with one attached hydrogen (secondary N) is 1.